The first-order valence-corrected chi connectivity index (χ1v) is 9.28. The van der Waals surface area contributed by atoms with Gasteiger partial charge in [-0.15, -0.1) is 24.0 Å². The number of para-hydroxylation sites is 1. The molecule has 0 aliphatic rings. The summed E-state index contributed by atoms with van der Waals surface area (Å²) < 4.78 is 7.37. The van der Waals surface area contributed by atoms with E-state index in [2.05, 4.69) is 50.6 Å². The number of aromatic nitrogens is 2. The van der Waals surface area contributed by atoms with E-state index in [1.165, 1.54) is 11.1 Å². The standard InChI is InChI=1S/C22H27N5O.HI/c1-23-22(26(2)17-20-10-4-5-11-21(20)28-3)24-15-18-8-6-9-19(14-18)16-27-13-7-12-25-27;/h4-14H,15-17H2,1-3H3,(H,23,24);1H. The van der Waals surface area contributed by atoms with Crippen molar-refractivity contribution in [3.63, 3.8) is 0 Å². The van der Waals surface area contributed by atoms with E-state index in [4.69, 9.17) is 4.74 Å². The summed E-state index contributed by atoms with van der Waals surface area (Å²) in [5, 5.41) is 7.71. The zero-order valence-electron chi connectivity index (χ0n) is 17.1. The Morgan fingerprint density at radius 3 is 2.66 bits per heavy atom. The zero-order chi connectivity index (χ0) is 19.8. The van der Waals surface area contributed by atoms with E-state index in [-0.39, 0.29) is 24.0 Å². The molecule has 0 saturated heterocycles. The van der Waals surface area contributed by atoms with E-state index in [0.29, 0.717) is 13.1 Å². The van der Waals surface area contributed by atoms with Gasteiger partial charge in [-0.25, -0.2) is 0 Å². The summed E-state index contributed by atoms with van der Waals surface area (Å²) in [7, 11) is 5.52. The SMILES string of the molecule is CN=C(NCc1cccc(Cn2cccn2)c1)N(C)Cc1ccccc1OC.I. The topological polar surface area (TPSA) is 54.7 Å². The monoisotopic (exact) mass is 505 g/mol. The van der Waals surface area contributed by atoms with Crippen LogP contribution in [0.3, 0.4) is 0 Å². The summed E-state index contributed by atoms with van der Waals surface area (Å²) in [5.41, 5.74) is 3.55. The van der Waals surface area contributed by atoms with Gasteiger partial charge in [0.1, 0.15) is 5.75 Å². The highest BCUT2D eigenvalue weighted by atomic mass is 127. The van der Waals surface area contributed by atoms with Crippen molar-refractivity contribution in [2.45, 2.75) is 19.6 Å². The summed E-state index contributed by atoms with van der Waals surface area (Å²) in [6.07, 6.45) is 3.77. The first-order chi connectivity index (χ1) is 13.7. The highest BCUT2D eigenvalue weighted by Crippen LogP contribution is 2.18. The molecule has 1 aromatic heterocycles. The van der Waals surface area contributed by atoms with E-state index < -0.39 is 0 Å². The Balaban J connectivity index is 0.00000300. The summed E-state index contributed by atoms with van der Waals surface area (Å²) in [4.78, 5) is 6.50. The Morgan fingerprint density at radius 2 is 1.93 bits per heavy atom. The summed E-state index contributed by atoms with van der Waals surface area (Å²) in [5.74, 6) is 1.72. The van der Waals surface area contributed by atoms with Crippen LogP contribution in [-0.4, -0.2) is 41.8 Å². The lowest BCUT2D eigenvalue weighted by molar-refractivity contribution is 0.396. The molecule has 0 saturated carbocycles. The van der Waals surface area contributed by atoms with Crippen LogP contribution in [0, 0.1) is 0 Å². The molecule has 3 rings (SSSR count). The molecule has 7 heteroatoms. The van der Waals surface area contributed by atoms with Crippen molar-refractivity contribution in [2.75, 3.05) is 21.2 Å². The molecular weight excluding hydrogens is 477 g/mol. The highest BCUT2D eigenvalue weighted by Gasteiger charge is 2.10. The van der Waals surface area contributed by atoms with Gasteiger partial charge in [0.2, 0.25) is 0 Å². The van der Waals surface area contributed by atoms with Crippen molar-refractivity contribution >= 4 is 29.9 Å². The Morgan fingerprint density at radius 1 is 1.14 bits per heavy atom. The fourth-order valence-electron chi connectivity index (χ4n) is 3.15. The summed E-state index contributed by atoms with van der Waals surface area (Å²) in [6.45, 7) is 2.18. The van der Waals surface area contributed by atoms with Crippen molar-refractivity contribution < 1.29 is 4.74 Å². The molecule has 2 aromatic carbocycles. The third-order valence-corrected chi connectivity index (χ3v) is 4.52. The molecule has 0 amide bonds. The maximum atomic E-state index is 5.45. The third kappa shape index (κ3) is 6.49. The lowest BCUT2D eigenvalue weighted by atomic mass is 10.1. The molecule has 0 atom stereocenters. The molecule has 6 nitrogen and oxygen atoms in total. The minimum absolute atomic E-state index is 0. The molecule has 0 spiro atoms. The minimum atomic E-state index is 0. The van der Waals surface area contributed by atoms with Crippen LogP contribution in [0.5, 0.6) is 5.75 Å². The number of aliphatic imine (C=N–C) groups is 1. The van der Waals surface area contributed by atoms with E-state index in [1.807, 2.05) is 42.2 Å². The number of guanidine groups is 1. The average molecular weight is 505 g/mol. The Bertz CT molecular complexity index is 911. The van der Waals surface area contributed by atoms with Crippen LogP contribution < -0.4 is 10.1 Å². The van der Waals surface area contributed by atoms with Crippen LogP contribution in [0.1, 0.15) is 16.7 Å². The van der Waals surface area contributed by atoms with Gasteiger partial charge in [0, 0.05) is 45.1 Å². The lowest BCUT2D eigenvalue weighted by Crippen LogP contribution is -2.38. The van der Waals surface area contributed by atoms with Crippen molar-refractivity contribution in [3.05, 3.63) is 83.7 Å². The maximum absolute atomic E-state index is 5.45. The third-order valence-electron chi connectivity index (χ3n) is 4.52. The van der Waals surface area contributed by atoms with Crippen molar-refractivity contribution in [1.29, 1.82) is 0 Å². The van der Waals surface area contributed by atoms with Gasteiger partial charge in [0.15, 0.2) is 5.96 Å². The van der Waals surface area contributed by atoms with Crippen LogP contribution in [0.15, 0.2) is 72.0 Å². The van der Waals surface area contributed by atoms with E-state index in [9.17, 15) is 0 Å². The average Bonchev–Trinajstić information content (AvgIpc) is 3.22. The molecular formula is C22H28IN5O. The summed E-state index contributed by atoms with van der Waals surface area (Å²) in [6, 6.07) is 18.5. The van der Waals surface area contributed by atoms with Crippen molar-refractivity contribution in [1.82, 2.24) is 20.0 Å². The number of nitrogens with zero attached hydrogens (tertiary/aromatic N) is 4. The molecule has 1 N–H and O–H groups in total. The number of hydrogen-bond donors (Lipinski definition) is 1. The molecule has 0 aliphatic carbocycles. The van der Waals surface area contributed by atoms with Gasteiger partial charge in [0.05, 0.1) is 13.7 Å². The first-order valence-electron chi connectivity index (χ1n) is 9.28. The fraction of sp³-hybridized carbons (Fsp3) is 0.273. The first kappa shape index (κ1) is 22.7. The number of ether oxygens (including phenoxy) is 1. The quantitative estimate of drug-likeness (QED) is 0.302. The van der Waals surface area contributed by atoms with Gasteiger partial charge in [-0.1, -0.05) is 42.5 Å². The molecule has 0 aliphatic heterocycles. The number of rotatable bonds is 7. The molecule has 0 radical (unpaired) electrons. The number of methoxy groups -OCH3 is 1. The van der Waals surface area contributed by atoms with Crippen LogP contribution in [0.25, 0.3) is 0 Å². The van der Waals surface area contributed by atoms with Gasteiger partial charge < -0.3 is 15.0 Å². The Labute approximate surface area is 189 Å². The second-order valence-electron chi connectivity index (χ2n) is 6.59. The van der Waals surface area contributed by atoms with Crippen LogP contribution in [0.4, 0.5) is 0 Å². The lowest BCUT2D eigenvalue weighted by Gasteiger charge is -2.23. The number of halogens is 1. The maximum Gasteiger partial charge on any atom is 0.193 e. The normalized spacial score (nSPS) is 10.9. The molecule has 0 bridgehead atoms. The number of nitrogens with one attached hydrogen (secondary N) is 1. The van der Waals surface area contributed by atoms with Crippen LogP contribution in [0.2, 0.25) is 0 Å². The number of hydrogen-bond acceptors (Lipinski definition) is 3. The van der Waals surface area contributed by atoms with E-state index in [0.717, 1.165) is 23.8 Å². The molecule has 3 aromatic rings. The van der Waals surface area contributed by atoms with Crippen LogP contribution >= 0.6 is 24.0 Å². The molecule has 1 heterocycles. The molecule has 154 valence electrons. The Hall–Kier alpha value is -2.55. The van der Waals surface area contributed by atoms with Crippen molar-refractivity contribution in [3.8, 4) is 5.75 Å². The van der Waals surface area contributed by atoms with Crippen molar-refractivity contribution in [2.24, 2.45) is 4.99 Å². The summed E-state index contributed by atoms with van der Waals surface area (Å²) >= 11 is 0. The van der Waals surface area contributed by atoms with E-state index in [1.54, 1.807) is 20.4 Å². The zero-order valence-corrected chi connectivity index (χ0v) is 19.4. The van der Waals surface area contributed by atoms with E-state index >= 15 is 0 Å². The predicted octanol–water partition coefficient (Wildman–Crippen LogP) is 3.77. The molecule has 0 fully saturated rings. The van der Waals surface area contributed by atoms with Gasteiger partial charge in [-0.3, -0.25) is 9.67 Å². The second kappa shape index (κ2) is 11.5. The minimum Gasteiger partial charge on any atom is -0.496 e. The fourth-order valence-corrected chi connectivity index (χ4v) is 3.15. The van der Waals surface area contributed by atoms with Gasteiger partial charge in [-0.2, -0.15) is 5.10 Å². The smallest absolute Gasteiger partial charge is 0.193 e. The largest absolute Gasteiger partial charge is 0.496 e. The van der Waals surface area contributed by atoms with Gasteiger partial charge >= 0.3 is 0 Å². The molecule has 0 unspecified atom stereocenters. The van der Waals surface area contributed by atoms with Gasteiger partial charge in [-0.05, 0) is 23.3 Å². The van der Waals surface area contributed by atoms with Gasteiger partial charge in [0.25, 0.3) is 0 Å². The number of benzene rings is 2. The molecule has 29 heavy (non-hydrogen) atoms. The Kier molecular flexibility index (Phi) is 8.98. The predicted molar refractivity (Wildman–Crippen MR) is 128 cm³/mol. The second-order valence-corrected chi connectivity index (χ2v) is 6.59. The van der Waals surface area contributed by atoms with Crippen LogP contribution in [-0.2, 0) is 19.6 Å². The highest BCUT2D eigenvalue weighted by molar-refractivity contribution is 14.0.